The van der Waals surface area contributed by atoms with Gasteiger partial charge in [-0.3, -0.25) is 0 Å². The van der Waals surface area contributed by atoms with Crippen LogP contribution in [0.25, 0.3) is 0 Å². The molecular formula is C10H15N. The second-order valence-corrected chi connectivity index (χ2v) is 3.03. The van der Waals surface area contributed by atoms with E-state index < -0.39 is 0 Å². The Morgan fingerprint density at radius 1 is 1.27 bits per heavy atom. The van der Waals surface area contributed by atoms with Crippen molar-refractivity contribution in [2.45, 2.75) is 13.3 Å². The number of rotatable bonds is 3. The number of benzene rings is 1. The van der Waals surface area contributed by atoms with E-state index >= 15 is 0 Å². The molecule has 0 aliphatic heterocycles. The van der Waals surface area contributed by atoms with Gasteiger partial charge in [0.05, 0.1) is 0 Å². The molecule has 0 aromatic heterocycles. The van der Waals surface area contributed by atoms with Gasteiger partial charge < -0.3 is 5.73 Å². The summed E-state index contributed by atoms with van der Waals surface area (Å²) in [6.07, 6.45) is 1.09. The normalized spacial score (nSPS) is 12.9. The molecule has 0 saturated heterocycles. The highest BCUT2D eigenvalue weighted by Gasteiger charge is 1.98. The molecule has 0 aliphatic rings. The average molecular weight is 149 g/mol. The topological polar surface area (TPSA) is 26.0 Å². The van der Waals surface area contributed by atoms with Crippen LogP contribution in [0, 0.1) is 5.92 Å². The first-order valence-corrected chi connectivity index (χ1v) is 4.07. The lowest BCUT2D eigenvalue weighted by molar-refractivity contribution is 0.593. The molecule has 0 radical (unpaired) electrons. The molecule has 0 spiro atoms. The van der Waals surface area contributed by atoms with Crippen molar-refractivity contribution < 1.29 is 0 Å². The fourth-order valence-electron chi connectivity index (χ4n) is 1.10. The second-order valence-electron chi connectivity index (χ2n) is 3.03. The highest BCUT2D eigenvalue weighted by molar-refractivity contribution is 5.15. The van der Waals surface area contributed by atoms with E-state index in [2.05, 4.69) is 31.2 Å². The lowest BCUT2D eigenvalue weighted by atomic mass is 10.0. The Morgan fingerprint density at radius 3 is 2.45 bits per heavy atom. The maximum absolute atomic E-state index is 5.52. The van der Waals surface area contributed by atoms with E-state index in [0.29, 0.717) is 5.92 Å². The van der Waals surface area contributed by atoms with Gasteiger partial charge in [-0.1, -0.05) is 37.3 Å². The van der Waals surface area contributed by atoms with E-state index in [4.69, 9.17) is 5.73 Å². The van der Waals surface area contributed by atoms with Gasteiger partial charge in [-0.05, 0) is 24.4 Å². The summed E-state index contributed by atoms with van der Waals surface area (Å²) in [6, 6.07) is 10.5. The summed E-state index contributed by atoms with van der Waals surface area (Å²) in [5, 5.41) is 0. The summed E-state index contributed by atoms with van der Waals surface area (Å²) >= 11 is 0. The maximum atomic E-state index is 5.52. The second kappa shape index (κ2) is 4.14. The molecule has 0 heterocycles. The molecule has 0 bridgehead atoms. The zero-order valence-electron chi connectivity index (χ0n) is 6.96. The van der Waals surface area contributed by atoms with E-state index in [9.17, 15) is 0 Å². The predicted molar refractivity (Wildman–Crippen MR) is 48.4 cm³/mol. The Morgan fingerprint density at radius 2 is 1.91 bits per heavy atom. The molecule has 11 heavy (non-hydrogen) atoms. The zero-order valence-corrected chi connectivity index (χ0v) is 6.96. The smallest absolute Gasteiger partial charge is 0.00483 e. The summed E-state index contributed by atoms with van der Waals surface area (Å²) in [5.41, 5.74) is 6.90. The number of nitrogens with two attached hydrogens (primary N) is 1. The SMILES string of the molecule is C[C@H](CN)Cc1ccccc1. The lowest BCUT2D eigenvalue weighted by Crippen LogP contribution is -2.12. The third-order valence-electron chi connectivity index (χ3n) is 1.83. The van der Waals surface area contributed by atoms with Gasteiger partial charge in [-0.2, -0.15) is 0 Å². The molecule has 0 unspecified atom stereocenters. The van der Waals surface area contributed by atoms with Gasteiger partial charge in [0.15, 0.2) is 0 Å². The van der Waals surface area contributed by atoms with E-state index in [1.54, 1.807) is 0 Å². The molecule has 0 amide bonds. The van der Waals surface area contributed by atoms with Crippen molar-refractivity contribution in [2.75, 3.05) is 6.54 Å². The van der Waals surface area contributed by atoms with E-state index in [0.717, 1.165) is 13.0 Å². The fraction of sp³-hybridized carbons (Fsp3) is 0.400. The van der Waals surface area contributed by atoms with Crippen molar-refractivity contribution in [3.05, 3.63) is 35.9 Å². The molecule has 1 atom stereocenters. The van der Waals surface area contributed by atoms with Gasteiger partial charge in [-0.15, -0.1) is 0 Å². The van der Waals surface area contributed by atoms with Gasteiger partial charge in [-0.25, -0.2) is 0 Å². The molecule has 1 aromatic rings. The number of hydrogen-bond donors (Lipinski definition) is 1. The van der Waals surface area contributed by atoms with E-state index in [1.807, 2.05) is 6.07 Å². The molecule has 0 fully saturated rings. The first kappa shape index (κ1) is 8.28. The van der Waals surface area contributed by atoms with Crippen LogP contribution in [-0.2, 0) is 6.42 Å². The first-order valence-electron chi connectivity index (χ1n) is 4.07. The Labute approximate surface area is 68.2 Å². The lowest BCUT2D eigenvalue weighted by Gasteiger charge is -2.06. The molecule has 1 rings (SSSR count). The Kier molecular flexibility index (Phi) is 3.12. The van der Waals surface area contributed by atoms with Crippen molar-refractivity contribution >= 4 is 0 Å². The summed E-state index contributed by atoms with van der Waals surface area (Å²) in [4.78, 5) is 0. The molecule has 1 heteroatoms. The van der Waals surface area contributed by atoms with Crippen molar-refractivity contribution in [1.82, 2.24) is 0 Å². The molecular weight excluding hydrogens is 134 g/mol. The monoisotopic (exact) mass is 149 g/mol. The minimum Gasteiger partial charge on any atom is -0.330 e. The first-order chi connectivity index (χ1) is 5.33. The standard InChI is InChI=1S/C10H15N/c1-9(8-11)7-10-5-3-2-4-6-10/h2-6,9H,7-8,11H2,1H3/t9-/m0/s1. The minimum atomic E-state index is 0.595. The Balaban J connectivity index is 2.51. The van der Waals surface area contributed by atoms with E-state index in [-0.39, 0.29) is 0 Å². The maximum Gasteiger partial charge on any atom is -0.00483 e. The number of hydrogen-bond acceptors (Lipinski definition) is 1. The van der Waals surface area contributed by atoms with Crippen LogP contribution in [0.15, 0.2) is 30.3 Å². The van der Waals surface area contributed by atoms with Gasteiger partial charge in [0.1, 0.15) is 0 Å². The Bertz CT molecular complexity index is 193. The summed E-state index contributed by atoms with van der Waals surface area (Å²) in [7, 11) is 0. The molecule has 1 aromatic carbocycles. The molecule has 1 nitrogen and oxygen atoms in total. The van der Waals surface area contributed by atoms with E-state index in [1.165, 1.54) is 5.56 Å². The zero-order chi connectivity index (χ0) is 8.10. The van der Waals surface area contributed by atoms with Crippen LogP contribution in [0.2, 0.25) is 0 Å². The van der Waals surface area contributed by atoms with Gasteiger partial charge in [0.25, 0.3) is 0 Å². The van der Waals surface area contributed by atoms with Crippen molar-refractivity contribution in [1.29, 1.82) is 0 Å². The van der Waals surface area contributed by atoms with Crippen LogP contribution in [0.1, 0.15) is 12.5 Å². The largest absolute Gasteiger partial charge is 0.330 e. The molecule has 60 valence electrons. The highest BCUT2D eigenvalue weighted by Crippen LogP contribution is 2.05. The van der Waals surface area contributed by atoms with Crippen LogP contribution in [0.3, 0.4) is 0 Å². The van der Waals surface area contributed by atoms with Crippen LogP contribution in [0.4, 0.5) is 0 Å². The highest BCUT2D eigenvalue weighted by atomic mass is 14.5. The van der Waals surface area contributed by atoms with Gasteiger partial charge in [0.2, 0.25) is 0 Å². The van der Waals surface area contributed by atoms with Crippen LogP contribution in [-0.4, -0.2) is 6.54 Å². The molecule has 0 saturated carbocycles. The van der Waals surface area contributed by atoms with Crippen molar-refractivity contribution in [3.8, 4) is 0 Å². The molecule has 0 aliphatic carbocycles. The third kappa shape index (κ3) is 2.72. The van der Waals surface area contributed by atoms with Crippen LogP contribution in [0.5, 0.6) is 0 Å². The molecule has 2 N–H and O–H groups in total. The summed E-state index contributed by atoms with van der Waals surface area (Å²) in [6.45, 7) is 2.95. The third-order valence-corrected chi connectivity index (χ3v) is 1.83. The summed E-state index contributed by atoms with van der Waals surface area (Å²) in [5.74, 6) is 0.595. The summed E-state index contributed by atoms with van der Waals surface area (Å²) < 4.78 is 0. The quantitative estimate of drug-likeness (QED) is 0.697. The van der Waals surface area contributed by atoms with Gasteiger partial charge >= 0.3 is 0 Å². The Hall–Kier alpha value is -0.820. The van der Waals surface area contributed by atoms with Crippen molar-refractivity contribution in [3.63, 3.8) is 0 Å². The van der Waals surface area contributed by atoms with Gasteiger partial charge in [0, 0.05) is 0 Å². The minimum absolute atomic E-state index is 0.595. The van der Waals surface area contributed by atoms with Crippen molar-refractivity contribution in [2.24, 2.45) is 11.7 Å². The van der Waals surface area contributed by atoms with Crippen LogP contribution < -0.4 is 5.73 Å². The fourth-order valence-corrected chi connectivity index (χ4v) is 1.10. The average Bonchev–Trinajstić information content (AvgIpc) is 2.06. The van der Waals surface area contributed by atoms with Crippen LogP contribution >= 0.6 is 0 Å². The predicted octanol–water partition coefficient (Wildman–Crippen LogP) is 1.82.